The summed E-state index contributed by atoms with van der Waals surface area (Å²) in [7, 11) is 1.56. The highest BCUT2D eigenvalue weighted by Gasteiger charge is 2.25. The Labute approximate surface area is 219 Å². The normalized spacial score (nSPS) is 13.9. The van der Waals surface area contributed by atoms with Crippen molar-refractivity contribution in [2.75, 3.05) is 26.8 Å². The van der Waals surface area contributed by atoms with Crippen molar-refractivity contribution in [3.63, 3.8) is 0 Å². The number of hydrogen-bond acceptors (Lipinski definition) is 7. The summed E-state index contributed by atoms with van der Waals surface area (Å²) in [6.07, 6.45) is 2.67. The summed E-state index contributed by atoms with van der Waals surface area (Å²) in [6.45, 7) is 3.21. The first-order chi connectivity index (χ1) is 18.5. The zero-order valence-corrected chi connectivity index (χ0v) is 21.2. The fraction of sp³-hybridized carbons (Fsp3) is 0.286. The number of benzene rings is 2. The number of aromatic amines is 1. The van der Waals surface area contributed by atoms with Crippen LogP contribution in [0.2, 0.25) is 0 Å². The van der Waals surface area contributed by atoms with Gasteiger partial charge in [0.25, 0.3) is 5.91 Å². The van der Waals surface area contributed by atoms with E-state index in [0.717, 1.165) is 11.1 Å². The Morgan fingerprint density at radius 2 is 1.95 bits per heavy atom. The zero-order valence-electron chi connectivity index (χ0n) is 21.2. The Kier molecular flexibility index (Phi) is 7.12. The number of rotatable bonds is 6. The van der Waals surface area contributed by atoms with Crippen LogP contribution in [-0.4, -0.2) is 69.8 Å². The number of fused-ring (bicyclic) bond motifs is 1. The molecule has 2 aromatic heterocycles. The van der Waals surface area contributed by atoms with E-state index < -0.39 is 0 Å². The molecule has 1 aliphatic heterocycles. The highest BCUT2D eigenvalue weighted by molar-refractivity contribution is 5.98. The van der Waals surface area contributed by atoms with E-state index in [1.165, 1.54) is 0 Å². The van der Waals surface area contributed by atoms with Crippen LogP contribution in [-0.2, 0) is 4.74 Å². The maximum atomic E-state index is 13.0. The lowest BCUT2D eigenvalue weighted by Crippen LogP contribution is -2.46. The Bertz CT molecular complexity index is 1480. The molecule has 196 valence electrons. The number of hydrogen-bond donors (Lipinski definition) is 3. The summed E-state index contributed by atoms with van der Waals surface area (Å²) in [6, 6.07) is 14.2. The topological polar surface area (TPSA) is 130 Å². The number of phenols is 1. The minimum atomic E-state index is -0.311. The van der Waals surface area contributed by atoms with Gasteiger partial charge >= 0.3 is 6.09 Å². The molecule has 5 rings (SSSR count). The van der Waals surface area contributed by atoms with E-state index in [1.807, 2.05) is 18.2 Å². The predicted molar refractivity (Wildman–Crippen MR) is 142 cm³/mol. The molecule has 0 saturated carbocycles. The van der Waals surface area contributed by atoms with Gasteiger partial charge in [0.05, 0.1) is 30.3 Å². The van der Waals surface area contributed by atoms with Gasteiger partial charge in [-0.25, -0.2) is 14.8 Å². The van der Waals surface area contributed by atoms with E-state index in [-0.39, 0.29) is 23.8 Å². The number of likely N-dealkylation sites (tertiary alicyclic amines) is 1. The summed E-state index contributed by atoms with van der Waals surface area (Å²) in [4.78, 5) is 38.6. The van der Waals surface area contributed by atoms with Gasteiger partial charge < -0.3 is 29.8 Å². The molecule has 4 aromatic rings. The standard InChI is InChI=1S/C28H29N5O5/c1-3-38-28(36)33-13-10-19(11-14-33)30-26(35)18-6-8-22-23(16-18)32-25(31-22)21-15-17(7-9-24(21)34)20-5-4-12-29-27(20)37-2/h4-9,12,15-16,19,34H,3,10-11,13-14H2,1-2H3,(H,30,35)(H,31,32). The van der Waals surface area contributed by atoms with Crippen molar-refractivity contribution in [1.82, 2.24) is 25.2 Å². The molecule has 2 amide bonds. The van der Waals surface area contributed by atoms with Crippen LogP contribution in [0.25, 0.3) is 33.5 Å². The number of ether oxygens (including phenoxy) is 2. The molecular weight excluding hydrogens is 486 g/mol. The van der Waals surface area contributed by atoms with E-state index in [2.05, 4.69) is 20.3 Å². The van der Waals surface area contributed by atoms with Gasteiger partial charge in [-0.3, -0.25) is 4.79 Å². The van der Waals surface area contributed by atoms with Gasteiger partial charge in [-0.15, -0.1) is 0 Å². The van der Waals surface area contributed by atoms with Crippen molar-refractivity contribution in [1.29, 1.82) is 0 Å². The van der Waals surface area contributed by atoms with Crippen molar-refractivity contribution in [2.45, 2.75) is 25.8 Å². The van der Waals surface area contributed by atoms with E-state index in [9.17, 15) is 14.7 Å². The molecule has 1 aliphatic rings. The van der Waals surface area contributed by atoms with Crippen LogP contribution in [0.3, 0.4) is 0 Å². The fourth-order valence-corrected chi connectivity index (χ4v) is 4.63. The Hall–Kier alpha value is -4.60. The van der Waals surface area contributed by atoms with Crippen LogP contribution >= 0.6 is 0 Å². The van der Waals surface area contributed by atoms with E-state index in [4.69, 9.17) is 9.47 Å². The molecule has 0 bridgehead atoms. The minimum absolute atomic E-state index is 0.0228. The first kappa shape index (κ1) is 25.1. The molecule has 0 aliphatic carbocycles. The number of imidazole rings is 1. The van der Waals surface area contributed by atoms with Crippen molar-refractivity contribution in [3.8, 4) is 34.1 Å². The fourth-order valence-electron chi connectivity index (χ4n) is 4.63. The third-order valence-electron chi connectivity index (χ3n) is 6.63. The monoisotopic (exact) mass is 515 g/mol. The molecule has 0 unspecified atom stereocenters. The molecule has 3 heterocycles. The number of methoxy groups -OCH3 is 1. The van der Waals surface area contributed by atoms with E-state index in [1.54, 1.807) is 55.5 Å². The average Bonchev–Trinajstić information content (AvgIpc) is 3.37. The van der Waals surface area contributed by atoms with Crippen molar-refractivity contribution in [2.24, 2.45) is 0 Å². The lowest BCUT2D eigenvalue weighted by atomic mass is 10.0. The lowest BCUT2D eigenvalue weighted by Gasteiger charge is -2.31. The number of nitrogens with one attached hydrogen (secondary N) is 2. The molecule has 1 saturated heterocycles. The first-order valence-electron chi connectivity index (χ1n) is 12.5. The summed E-state index contributed by atoms with van der Waals surface area (Å²) >= 11 is 0. The van der Waals surface area contributed by atoms with Gasteiger partial charge in [-0.05, 0) is 67.8 Å². The molecule has 10 heteroatoms. The van der Waals surface area contributed by atoms with Gasteiger partial charge in [0.2, 0.25) is 5.88 Å². The molecule has 0 atom stereocenters. The van der Waals surface area contributed by atoms with Gasteiger partial charge in [-0.1, -0.05) is 6.07 Å². The largest absolute Gasteiger partial charge is 0.507 e. The van der Waals surface area contributed by atoms with Crippen LogP contribution in [0.5, 0.6) is 11.6 Å². The number of pyridine rings is 1. The zero-order chi connectivity index (χ0) is 26.6. The van der Waals surface area contributed by atoms with E-state index in [0.29, 0.717) is 66.4 Å². The Morgan fingerprint density at radius 1 is 1.13 bits per heavy atom. The van der Waals surface area contributed by atoms with Gasteiger partial charge in [-0.2, -0.15) is 0 Å². The van der Waals surface area contributed by atoms with Crippen LogP contribution in [0.15, 0.2) is 54.7 Å². The van der Waals surface area contributed by atoms with Gasteiger partial charge in [0.1, 0.15) is 11.6 Å². The smallest absolute Gasteiger partial charge is 0.409 e. The van der Waals surface area contributed by atoms with Crippen LogP contribution in [0.1, 0.15) is 30.1 Å². The maximum absolute atomic E-state index is 13.0. The number of piperidine rings is 1. The number of carbonyl (C=O) groups is 2. The van der Waals surface area contributed by atoms with Crippen molar-refractivity contribution in [3.05, 3.63) is 60.3 Å². The third-order valence-corrected chi connectivity index (χ3v) is 6.63. The number of H-pyrrole nitrogens is 1. The minimum Gasteiger partial charge on any atom is -0.507 e. The van der Waals surface area contributed by atoms with Crippen LogP contribution in [0, 0.1) is 0 Å². The summed E-state index contributed by atoms with van der Waals surface area (Å²) in [5, 5.41) is 13.7. The lowest BCUT2D eigenvalue weighted by molar-refractivity contribution is 0.0860. The molecule has 3 N–H and O–H groups in total. The molecule has 0 spiro atoms. The quantitative estimate of drug-likeness (QED) is 0.348. The first-order valence-corrected chi connectivity index (χ1v) is 12.5. The SMILES string of the molecule is CCOC(=O)N1CCC(NC(=O)c2ccc3nc(-c4cc(-c5cccnc5OC)ccc4O)[nH]c3c2)CC1. The Balaban J connectivity index is 1.33. The Morgan fingerprint density at radius 3 is 2.71 bits per heavy atom. The van der Waals surface area contributed by atoms with Gasteiger partial charge in [0.15, 0.2) is 0 Å². The summed E-state index contributed by atoms with van der Waals surface area (Å²) in [5.41, 5.74) is 3.97. The number of carbonyl (C=O) groups excluding carboxylic acids is 2. The summed E-state index contributed by atoms with van der Waals surface area (Å²) < 4.78 is 10.4. The second kappa shape index (κ2) is 10.8. The molecule has 0 radical (unpaired) electrons. The van der Waals surface area contributed by atoms with Crippen molar-refractivity contribution < 1.29 is 24.2 Å². The molecule has 38 heavy (non-hydrogen) atoms. The second-order valence-electron chi connectivity index (χ2n) is 9.04. The van der Waals surface area contributed by atoms with Gasteiger partial charge in [0, 0.05) is 36.5 Å². The molecule has 2 aromatic carbocycles. The predicted octanol–water partition coefficient (Wildman–Crippen LogP) is 4.36. The average molecular weight is 516 g/mol. The number of aromatic nitrogens is 3. The third kappa shape index (κ3) is 5.10. The molecule has 10 nitrogen and oxygen atoms in total. The van der Waals surface area contributed by atoms with E-state index >= 15 is 0 Å². The number of aromatic hydroxyl groups is 1. The van der Waals surface area contributed by atoms with Crippen molar-refractivity contribution >= 4 is 23.0 Å². The number of amides is 2. The number of phenolic OH excluding ortho intramolecular Hbond substituents is 1. The van der Waals surface area contributed by atoms with Crippen LogP contribution in [0.4, 0.5) is 4.79 Å². The highest BCUT2D eigenvalue weighted by Crippen LogP contribution is 2.35. The molecule has 1 fully saturated rings. The number of nitrogens with zero attached hydrogens (tertiary/aromatic N) is 3. The second-order valence-corrected chi connectivity index (χ2v) is 9.04. The maximum Gasteiger partial charge on any atom is 0.409 e. The highest BCUT2D eigenvalue weighted by atomic mass is 16.6. The molecular formula is C28H29N5O5. The summed E-state index contributed by atoms with van der Waals surface area (Å²) in [5.74, 6) is 0.844. The van der Waals surface area contributed by atoms with Crippen LogP contribution < -0.4 is 10.1 Å².